The van der Waals surface area contributed by atoms with Crippen molar-refractivity contribution in [1.82, 2.24) is 15.1 Å². The fourth-order valence-corrected chi connectivity index (χ4v) is 3.03. The predicted molar refractivity (Wildman–Crippen MR) is 73.6 cm³/mol. The molecule has 0 aromatic heterocycles. The molecular formula is C14H25N3O2. The summed E-state index contributed by atoms with van der Waals surface area (Å²) in [4.78, 5) is 28.1. The lowest BCUT2D eigenvalue weighted by atomic mass is 9.79. The minimum atomic E-state index is -0.280. The first-order valence-corrected chi connectivity index (χ1v) is 7.21. The van der Waals surface area contributed by atoms with Crippen molar-refractivity contribution < 1.29 is 9.59 Å². The molecule has 0 aromatic rings. The van der Waals surface area contributed by atoms with Crippen molar-refractivity contribution in [3.8, 4) is 0 Å². The van der Waals surface area contributed by atoms with Crippen LogP contribution >= 0.6 is 0 Å². The number of piperazine rings is 1. The van der Waals surface area contributed by atoms with Crippen molar-refractivity contribution in [2.75, 3.05) is 33.2 Å². The van der Waals surface area contributed by atoms with Crippen molar-refractivity contribution in [1.29, 1.82) is 0 Å². The molecule has 0 saturated carbocycles. The number of hydrogen-bond acceptors (Lipinski definition) is 3. The fraction of sp³-hybridized carbons (Fsp3) is 0.857. The molecule has 108 valence electrons. The highest BCUT2D eigenvalue weighted by Crippen LogP contribution is 2.32. The third-order valence-electron chi connectivity index (χ3n) is 4.55. The number of nitrogens with one attached hydrogen (secondary N) is 1. The number of amides is 2. The van der Waals surface area contributed by atoms with Gasteiger partial charge in [0, 0.05) is 6.54 Å². The van der Waals surface area contributed by atoms with E-state index >= 15 is 0 Å². The number of likely N-dealkylation sites (tertiary alicyclic amines) is 1. The second-order valence-corrected chi connectivity index (χ2v) is 6.28. The monoisotopic (exact) mass is 267 g/mol. The number of carbonyl (C=O) groups is 2. The van der Waals surface area contributed by atoms with Gasteiger partial charge < -0.3 is 15.1 Å². The van der Waals surface area contributed by atoms with E-state index in [-0.39, 0.29) is 29.8 Å². The molecule has 1 N–H and O–H groups in total. The third kappa shape index (κ3) is 3.08. The summed E-state index contributed by atoms with van der Waals surface area (Å²) in [6.07, 6.45) is 2.87. The summed E-state index contributed by atoms with van der Waals surface area (Å²) in [5, 5.41) is 2.68. The van der Waals surface area contributed by atoms with Gasteiger partial charge in [0.05, 0.1) is 6.54 Å². The summed E-state index contributed by atoms with van der Waals surface area (Å²) >= 11 is 0. The van der Waals surface area contributed by atoms with E-state index in [2.05, 4.69) is 24.2 Å². The van der Waals surface area contributed by atoms with Crippen LogP contribution in [0.15, 0.2) is 0 Å². The van der Waals surface area contributed by atoms with Crippen molar-refractivity contribution in [3.05, 3.63) is 0 Å². The maximum Gasteiger partial charge on any atom is 0.243 e. The van der Waals surface area contributed by atoms with E-state index in [0.717, 1.165) is 25.9 Å². The second kappa shape index (κ2) is 5.49. The van der Waals surface area contributed by atoms with Crippen LogP contribution in [-0.4, -0.2) is 60.9 Å². The Morgan fingerprint density at radius 1 is 1.32 bits per heavy atom. The van der Waals surface area contributed by atoms with Crippen LogP contribution in [-0.2, 0) is 9.59 Å². The highest BCUT2D eigenvalue weighted by atomic mass is 16.2. The van der Waals surface area contributed by atoms with Crippen molar-refractivity contribution in [2.45, 2.75) is 39.2 Å². The van der Waals surface area contributed by atoms with Crippen LogP contribution in [0, 0.1) is 5.41 Å². The van der Waals surface area contributed by atoms with E-state index in [9.17, 15) is 9.59 Å². The molecule has 1 unspecified atom stereocenters. The fourth-order valence-electron chi connectivity index (χ4n) is 3.03. The molecule has 2 aliphatic rings. The maximum atomic E-state index is 12.1. The Kier molecular flexibility index (Phi) is 4.13. The molecule has 1 atom stereocenters. The van der Waals surface area contributed by atoms with Gasteiger partial charge in [-0.15, -0.1) is 0 Å². The molecule has 5 nitrogen and oxygen atoms in total. The molecule has 5 heteroatoms. The van der Waals surface area contributed by atoms with E-state index < -0.39 is 0 Å². The minimum Gasteiger partial charge on any atom is -0.345 e. The van der Waals surface area contributed by atoms with Gasteiger partial charge in [0.1, 0.15) is 6.04 Å². The summed E-state index contributed by atoms with van der Waals surface area (Å²) in [5.41, 5.74) is 0.146. The van der Waals surface area contributed by atoms with E-state index in [1.807, 2.05) is 11.8 Å². The number of nitrogens with zero attached hydrogens (tertiary/aromatic N) is 2. The Hall–Kier alpha value is -1.10. The molecule has 0 aromatic carbocycles. The largest absolute Gasteiger partial charge is 0.345 e. The molecule has 19 heavy (non-hydrogen) atoms. The smallest absolute Gasteiger partial charge is 0.243 e. The topological polar surface area (TPSA) is 52.7 Å². The summed E-state index contributed by atoms with van der Waals surface area (Å²) in [7, 11) is 2.13. The highest BCUT2D eigenvalue weighted by molar-refractivity contribution is 5.94. The molecule has 2 amide bonds. The van der Waals surface area contributed by atoms with Crippen molar-refractivity contribution >= 4 is 11.8 Å². The summed E-state index contributed by atoms with van der Waals surface area (Å²) < 4.78 is 0. The average Bonchev–Trinajstić information content (AvgIpc) is 2.38. The Balaban J connectivity index is 2.06. The first kappa shape index (κ1) is 14.3. The molecule has 2 aliphatic heterocycles. The lowest BCUT2D eigenvalue weighted by Gasteiger charge is -2.44. The van der Waals surface area contributed by atoms with Crippen LogP contribution in [0.4, 0.5) is 0 Å². The maximum absolute atomic E-state index is 12.1. The van der Waals surface area contributed by atoms with Gasteiger partial charge >= 0.3 is 0 Å². The zero-order valence-corrected chi connectivity index (χ0v) is 12.2. The highest BCUT2D eigenvalue weighted by Gasteiger charge is 2.39. The molecule has 0 aliphatic carbocycles. The van der Waals surface area contributed by atoms with Gasteiger partial charge in [0.2, 0.25) is 11.8 Å². The second-order valence-electron chi connectivity index (χ2n) is 6.28. The zero-order valence-electron chi connectivity index (χ0n) is 12.2. The van der Waals surface area contributed by atoms with Crippen LogP contribution in [0.25, 0.3) is 0 Å². The number of carbonyl (C=O) groups excluding carboxylic acids is 2. The molecule has 2 fully saturated rings. The summed E-state index contributed by atoms with van der Waals surface area (Å²) in [5.74, 6) is 0.0604. The van der Waals surface area contributed by atoms with E-state index in [0.29, 0.717) is 13.0 Å². The number of hydrogen-bond donors (Lipinski definition) is 1. The van der Waals surface area contributed by atoms with Gasteiger partial charge in [-0.3, -0.25) is 9.59 Å². The van der Waals surface area contributed by atoms with Crippen LogP contribution in [0.1, 0.15) is 33.1 Å². The predicted octanol–water partition coefficient (Wildman–Crippen LogP) is 0.455. The summed E-state index contributed by atoms with van der Waals surface area (Å²) in [6.45, 7) is 7.22. The lowest BCUT2D eigenvalue weighted by molar-refractivity contribution is -0.147. The quantitative estimate of drug-likeness (QED) is 0.808. The van der Waals surface area contributed by atoms with Gasteiger partial charge in [0.15, 0.2) is 0 Å². The van der Waals surface area contributed by atoms with Gasteiger partial charge in [-0.25, -0.2) is 0 Å². The molecule has 2 rings (SSSR count). The van der Waals surface area contributed by atoms with Crippen LogP contribution in [0.5, 0.6) is 0 Å². The Labute approximate surface area is 115 Å². The van der Waals surface area contributed by atoms with Gasteiger partial charge in [-0.1, -0.05) is 13.8 Å². The molecule has 0 bridgehead atoms. The van der Waals surface area contributed by atoms with E-state index in [1.54, 1.807) is 0 Å². The van der Waals surface area contributed by atoms with Crippen LogP contribution in [0.2, 0.25) is 0 Å². The Bertz CT molecular complexity index is 362. The Morgan fingerprint density at radius 2 is 1.95 bits per heavy atom. The molecule has 2 saturated heterocycles. The average molecular weight is 267 g/mol. The van der Waals surface area contributed by atoms with Crippen molar-refractivity contribution in [2.24, 2.45) is 5.41 Å². The zero-order chi connectivity index (χ0) is 14.0. The SMILES string of the molecule is CCC1C(=O)NCC(=O)N1CC1(C)CCN(C)CC1. The minimum absolute atomic E-state index is 0.00127. The molecule has 2 heterocycles. The first-order chi connectivity index (χ1) is 8.95. The van der Waals surface area contributed by atoms with E-state index in [4.69, 9.17) is 0 Å². The normalized spacial score (nSPS) is 28.4. The molecule has 0 radical (unpaired) electrons. The van der Waals surface area contributed by atoms with Gasteiger partial charge in [-0.2, -0.15) is 0 Å². The molecule has 0 spiro atoms. The number of rotatable bonds is 3. The van der Waals surface area contributed by atoms with Crippen LogP contribution < -0.4 is 5.32 Å². The standard InChI is InChI=1S/C14H25N3O2/c1-4-11-13(19)15-9-12(18)17(11)10-14(2)5-7-16(3)8-6-14/h11H,4-10H2,1-3H3,(H,15,19). The van der Waals surface area contributed by atoms with Crippen molar-refractivity contribution in [3.63, 3.8) is 0 Å². The summed E-state index contributed by atoms with van der Waals surface area (Å²) in [6, 6.07) is -0.280. The Morgan fingerprint density at radius 3 is 2.53 bits per heavy atom. The first-order valence-electron chi connectivity index (χ1n) is 7.21. The third-order valence-corrected chi connectivity index (χ3v) is 4.55. The molecular weight excluding hydrogens is 242 g/mol. The van der Waals surface area contributed by atoms with Gasteiger partial charge in [-0.05, 0) is 44.8 Å². The van der Waals surface area contributed by atoms with E-state index in [1.165, 1.54) is 0 Å². The number of piperidine rings is 1. The van der Waals surface area contributed by atoms with Crippen LogP contribution in [0.3, 0.4) is 0 Å². The lowest BCUT2D eigenvalue weighted by Crippen LogP contribution is -2.60. The van der Waals surface area contributed by atoms with Gasteiger partial charge in [0.25, 0.3) is 0 Å².